The summed E-state index contributed by atoms with van der Waals surface area (Å²) in [5, 5.41) is 20.4. The van der Waals surface area contributed by atoms with E-state index >= 15 is 0 Å². The molecule has 1 aromatic heterocycles. The van der Waals surface area contributed by atoms with Gasteiger partial charge in [0, 0.05) is 38.3 Å². The Kier molecular flexibility index (Phi) is 4.34. The second-order valence-corrected chi connectivity index (χ2v) is 5.73. The standard InChI is InChI=1S/C16H22N4O/c1-12-2-4-13(5-3-12)16-14(8-18-19-16)10-20-7-6-17-9-15(21)11-20/h2-5,8,15,17,21H,6-7,9-11H2,1H3,(H,18,19)/t15-/m0/s1. The molecule has 1 saturated heterocycles. The monoisotopic (exact) mass is 286 g/mol. The van der Waals surface area contributed by atoms with Crippen LogP contribution in [0.3, 0.4) is 0 Å². The van der Waals surface area contributed by atoms with Crippen LogP contribution in [0.25, 0.3) is 11.3 Å². The maximum absolute atomic E-state index is 9.88. The first kappa shape index (κ1) is 14.3. The van der Waals surface area contributed by atoms with Gasteiger partial charge in [0.05, 0.1) is 18.0 Å². The molecule has 1 aliphatic heterocycles. The second kappa shape index (κ2) is 6.39. The van der Waals surface area contributed by atoms with Crippen molar-refractivity contribution < 1.29 is 5.11 Å². The number of aliphatic hydroxyl groups excluding tert-OH is 1. The Morgan fingerprint density at radius 1 is 1.33 bits per heavy atom. The van der Waals surface area contributed by atoms with Crippen molar-refractivity contribution in [3.63, 3.8) is 0 Å². The molecule has 0 bridgehead atoms. The Morgan fingerprint density at radius 2 is 2.14 bits per heavy atom. The molecule has 0 radical (unpaired) electrons. The number of rotatable bonds is 3. The first-order chi connectivity index (χ1) is 10.2. The zero-order chi connectivity index (χ0) is 14.7. The summed E-state index contributed by atoms with van der Waals surface area (Å²) in [5.74, 6) is 0. The predicted octanol–water partition coefficient (Wildman–Crippen LogP) is 1.15. The van der Waals surface area contributed by atoms with Crippen LogP contribution in [0.15, 0.2) is 30.5 Å². The van der Waals surface area contributed by atoms with Crippen LogP contribution in [-0.4, -0.2) is 52.5 Å². The van der Waals surface area contributed by atoms with Crippen molar-refractivity contribution in [1.29, 1.82) is 0 Å². The molecule has 1 aromatic carbocycles. The number of aliphatic hydroxyl groups is 1. The van der Waals surface area contributed by atoms with Crippen molar-refractivity contribution in [1.82, 2.24) is 20.4 Å². The van der Waals surface area contributed by atoms with Gasteiger partial charge in [-0.25, -0.2) is 0 Å². The minimum atomic E-state index is -0.303. The second-order valence-electron chi connectivity index (χ2n) is 5.73. The molecule has 1 atom stereocenters. The normalized spacial score (nSPS) is 20.4. The molecule has 0 amide bonds. The Morgan fingerprint density at radius 3 is 2.95 bits per heavy atom. The topological polar surface area (TPSA) is 64.2 Å². The maximum Gasteiger partial charge on any atom is 0.0791 e. The number of aromatic nitrogens is 2. The van der Waals surface area contributed by atoms with E-state index in [4.69, 9.17) is 0 Å². The Bertz CT molecular complexity index is 578. The van der Waals surface area contributed by atoms with E-state index in [0.717, 1.165) is 30.9 Å². The third kappa shape index (κ3) is 3.50. The minimum absolute atomic E-state index is 0.303. The lowest BCUT2D eigenvalue weighted by Gasteiger charge is -2.21. The van der Waals surface area contributed by atoms with Crippen LogP contribution in [0.5, 0.6) is 0 Å². The number of benzene rings is 1. The molecule has 112 valence electrons. The number of hydrogen-bond acceptors (Lipinski definition) is 4. The summed E-state index contributed by atoms with van der Waals surface area (Å²) in [5.41, 5.74) is 4.65. The van der Waals surface area contributed by atoms with E-state index in [9.17, 15) is 5.11 Å². The fourth-order valence-electron chi connectivity index (χ4n) is 2.75. The van der Waals surface area contributed by atoms with Gasteiger partial charge in [-0.3, -0.25) is 10.00 Å². The molecule has 2 aromatic rings. The zero-order valence-electron chi connectivity index (χ0n) is 12.3. The maximum atomic E-state index is 9.88. The van der Waals surface area contributed by atoms with Crippen molar-refractivity contribution in [3.05, 3.63) is 41.6 Å². The SMILES string of the molecule is Cc1ccc(-c2[nH]ncc2CN2CCNC[C@H](O)C2)cc1. The highest BCUT2D eigenvalue weighted by molar-refractivity contribution is 5.62. The first-order valence-electron chi connectivity index (χ1n) is 7.43. The van der Waals surface area contributed by atoms with Gasteiger partial charge < -0.3 is 10.4 Å². The van der Waals surface area contributed by atoms with E-state index in [1.165, 1.54) is 11.1 Å². The van der Waals surface area contributed by atoms with Crippen LogP contribution in [0.2, 0.25) is 0 Å². The van der Waals surface area contributed by atoms with Crippen LogP contribution >= 0.6 is 0 Å². The van der Waals surface area contributed by atoms with Gasteiger partial charge in [0.1, 0.15) is 0 Å². The van der Waals surface area contributed by atoms with E-state index in [2.05, 4.69) is 51.6 Å². The Balaban J connectivity index is 1.77. The molecule has 0 saturated carbocycles. The molecule has 21 heavy (non-hydrogen) atoms. The van der Waals surface area contributed by atoms with Crippen molar-refractivity contribution >= 4 is 0 Å². The summed E-state index contributed by atoms with van der Waals surface area (Å²) in [7, 11) is 0. The van der Waals surface area contributed by atoms with Gasteiger partial charge >= 0.3 is 0 Å². The number of H-pyrrole nitrogens is 1. The molecule has 1 aliphatic rings. The van der Waals surface area contributed by atoms with Gasteiger partial charge in [-0.1, -0.05) is 29.8 Å². The molecule has 2 heterocycles. The molecule has 5 heteroatoms. The zero-order valence-corrected chi connectivity index (χ0v) is 12.3. The van der Waals surface area contributed by atoms with Crippen molar-refractivity contribution in [3.8, 4) is 11.3 Å². The van der Waals surface area contributed by atoms with Gasteiger partial charge in [-0.05, 0) is 12.5 Å². The van der Waals surface area contributed by atoms with Gasteiger partial charge in [-0.15, -0.1) is 0 Å². The van der Waals surface area contributed by atoms with E-state index in [1.807, 2.05) is 6.20 Å². The summed E-state index contributed by atoms with van der Waals surface area (Å²) in [6.45, 7) is 6.12. The average molecular weight is 286 g/mol. The lowest BCUT2D eigenvalue weighted by molar-refractivity contribution is 0.127. The molecule has 3 rings (SSSR count). The third-order valence-corrected chi connectivity index (χ3v) is 3.91. The van der Waals surface area contributed by atoms with Gasteiger partial charge in [0.25, 0.3) is 0 Å². The third-order valence-electron chi connectivity index (χ3n) is 3.91. The molecule has 1 fully saturated rings. The Hall–Kier alpha value is -1.69. The number of nitrogens with zero attached hydrogens (tertiary/aromatic N) is 2. The van der Waals surface area contributed by atoms with E-state index in [-0.39, 0.29) is 6.10 Å². The predicted molar refractivity (Wildman–Crippen MR) is 82.9 cm³/mol. The lowest BCUT2D eigenvalue weighted by Crippen LogP contribution is -2.32. The van der Waals surface area contributed by atoms with E-state index < -0.39 is 0 Å². The summed E-state index contributed by atoms with van der Waals surface area (Å²) in [4.78, 5) is 2.27. The molecule has 0 aliphatic carbocycles. The first-order valence-corrected chi connectivity index (χ1v) is 7.43. The summed E-state index contributed by atoms with van der Waals surface area (Å²) < 4.78 is 0. The van der Waals surface area contributed by atoms with Crippen LogP contribution in [-0.2, 0) is 6.54 Å². The summed E-state index contributed by atoms with van der Waals surface area (Å²) in [6, 6.07) is 8.45. The van der Waals surface area contributed by atoms with Gasteiger partial charge in [0.2, 0.25) is 0 Å². The summed E-state index contributed by atoms with van der Waals surface area (Å²) >= 11 is 0. The number of aromatic amines is 1. The number of nitrogens with one attached hydrogen (secondary N) is 2. The lowest BCUT2D eigenvalue weighted by atomic mass is 10.1. The van der Waals surface area contributed by atoms with Crippen molar-refractivity contribution in [2.45, 2.75) is 19.6 Å². The fraction of sp³-hybridized carbons (Fsp3) is 0.438. The molecule has 0 unspecified atom stereocenters. The highest BCUT2D eigenvalue weighted by Crippen LogP contribution is 2.22. The van der Waals surface area contributed by atoms with Crippen molar-refractivity contribution in [2.75, 3.05) is 26.2 Å². The van der Waals surface area contributed by atoms with Crippen molar-refractivity contribution in [2.24, 2.45) is 0 Å². The average Bonchev–Trinajstić information content (AvgIpc) is 2.82. The number of hydrogen-bond donors (Lipinski definition) is 3. The quantitative estimate of drug-likeness (QED) is 0.792. The van der Waals surface area contributed by atoms with Gasteiger partial charge in [-0.2, -0.15) is 5.10 Å². The molecular formula is C16H22N4O. The number of β-amino-alcohol motifs (C(OH)–C–C–N with tert-alkyl or cyclic N) is 1. The molecular weight excluding hydrogens is 264 g/mol. The van der Waals surface area contributed by atoms with Crippen LogP contribution in [0.4, 0.5) is 0 Å². The van der Waals surface area contributed by atoms with Crippen LogP contribution < -0.4 is 5.32 Å². The fourth-order valence-corrected chi connectivity index (χ4v) is 2.75. The minimum Gasteiger partial charge on any atom is -0.390 e. The van der Waals surface area contributed by atoms with Crippen LogP contribution in [0.1, 0.15) is 11.1 Å². The van der Waals surface area contributed by atoms with Gasteiger partial charge in [0.15, 0.2) is 0 Å². The molecule has 5 nitrogen and oxygen atoms in total. The number of aryl methyl sites for hydroxylation is 1. The van der Waals surface area contributed by atoms with E-state index in [1.54, 1.807) is 0 Å². The van der Waals surface area contributed by atoms with Crippen LogP contribution in [0, 0.1) is 6.92 Å². The molecule has 3 N–H and O–H groups in total. The highest BCUT2D eigenvalue weighted by Gasteiger charge is 2.18. The summed E-state index contributed by atoms with van der Waals surface area (Å²) in [6.07, 6.45) is 1.59. The highest BCUT2D eigenvalue weighted by atomic mass is 16.3. The van der Waals surface area contributed by atoms with E-state index in [0.29, 0.717) is 13.1 Å². The molecule has 0 spiro atoms. The largest absolute Gasteiger partial charge is 0.390 e. The Labute approximate surface area is 125 Å². The smallest absolute Gasteiger partial charge is 0.0791 e.